The first kappa shape index (κ1) is 18.0. The molecule has 23 heavy (non-hydrogen) atoms. The van der Waals surface area contributed by atoms with Gasteiger partial charge in [0.1, 0.15) is 5.60 Å². The molecule has 0 saturated heterocycles. The highest BCUT2D eigenvalue weighted by Crippen LogP contribution is 2.34. The molecule has 2 fully saturated rings. The third-order valence-corrected chi connectivity index (χ3v) is 4.37. The average Bonchev–Trinajstić information content (AvgIpc) is 3.23. The van der Waals surface area contributed by atoms with Crippen molar-refractivity contribution in [2.45, 2.75) is 96.0 Å². The molecule has 2 amide bonds. The molecule has 0 aliphatic heterocycles. The first-order valence-electron chi connectivity index (χ1n) is 8.76. The summed E-state index contributed by atoms with van der Waals surface area (Å²) in [5.74, 6) is -0.00427. The molecule has 2 aliphatic rings. The van der Waals surface area contributed by atoms with Crippen LogP contribution < -0.4 is 11.1 Å². The lowest BCUT2D eigenvalue weighted by Crippen LogP contribution is -2.58. The van der Waals surface area contributed by atoms with E-state index in [1.165, 1.54) is 0 Å². The van der Waals surface area contributed by atoms with Gasteiger partial charge in [-0.2, -0.15) is 0 Å². The van der Waals surface area contributed by atoms with Crippen LogP contribution in [0.25, 0.3) is 0 Å². The van der Waals surface area contributed by atoms with Crippen LogP contribution in [0.2, 0.25) is 0 Å². The van der Waals surface area contributed by atoms with Crippen molar-refractivity contribution in [1.82, 2.24) is 10.2 Å². The number of carbonyl (C=O) groups excluding carboxylic acids is 2. The smallest absolute Gasteiger partial charge is 0.407 e. The van der Waals surface area contributed by atoms with E-state index in [2.05, 4.69) is 5.32 Å². The fourth-order valence-electron chi connectivity index (χ4n) is 3.27. The third kappa shape index (κ3) is 5.09. The van der Waals surface area contributed by atoms with Gasteiger partial charge in [-0.25, -0.2) is 4.79 Å². The molecule has 0 heterocycles. The van der Waals surface area contributed by atoms with Gasteiger partial charge in [-0.3, -0.25) is 4.79 Å². The molecule has 3 N–H and O–H groups in total. The molecule has 132 valence electrons. The van der Waals surface area contributed by atoms with Gasteiger partial charge in [-0.1, -0.05) is 12.8 Å². The molecular weight excluding hydrogens is 294 g/mol. The van der Waals surface area contributed by atoms with Crippen LogP contribution in [0.1, 0.15) is 66.2 Å². The van der Waals surface area contributed by atoms with Crippen molar-refractivity contribution in [2.75, 3.05) is 0 Å². The first-order chi connectivity index (χ1) is 10.7. The van der Waals surface area contributed by atoms with Gasteiger partial charge in [0, 0.05) is 6.04 Å². The largest absolute Gasteiger partial charge is 0.444 e. The van der Waals surface area contributed by atoms with E-state index in [4.69, 9.17) is 10.5 Å². The van der Waals surface area contributed by atoms with E-state index in [1.807, 2.05) is 25.7 Å². The lowest BCUT2D eigenvalue weighted by Gasteiger charge is -2.41. The van der Waals surface area contributed by atoms with Crippen molar-refractivity contribution in [3.63, 3.8) is 0 Å². The number of ether oxygens (including phenoxy) is 1. The lowest BCUT2D eigenvalue weighted by molar-refractivity contribution is -0.136. The third-order valence-electron chi connectivity index (χ3n) is 4.37. The Balaban J connectivity index is 2.07. The van der Waals surface area contributed by atoms with Gasteiger partial charge in [-0.15, -0.1) is 0 Å². The van der Waals surface area contributed by atoms with Gasteiger partial charge in [0.15, 0.2) is 0 Å². The zero-order chi connectivity index (χ0) is 17.2. The standard InChI is InChI=1S/C17H31N3O3/c1-11(18)15(21)20(12-9-10-12)14-8-6-5-7-13(14)19-16(22)23-17(2,3)4/h11-14H,5-10,18H2,1-4H3,(H,19,22). The van der Waals surface area contributed by atoms with Crippen molar-refractivity contribution in [2.24, 2.45) is 5.73 Å². The fraction of sp³-hybridized carbons (Fsp3) is 0.882. The van der Waals surface area contributed by atoms with E-state index in [0.29, 0.717) is 6.04 Å². The summed E-state index contributed by atoms with van der Waals surface area (Å²) in [5.41, 5.74) is 5.31. The Hall–Kier alpha value is -1.30. The molecule has 0 bridgehead atoms. The Morgan fingerprint density at radius 3 is 2.30 bits per heavy atom. The number of hydrogen-bond acceptors (Lipinski definition) is 4. The monoisotopic (exact) mass is 325 g/mol. The predicted octanol–water partition coefficient (Wildman–Crippen LogP) is 2.16. The van der Waals surface area contributed by atoms with E-state index < -0.39 is 17.7 Å². The minimum absolute atomic E-state index is 0.00427. The van der Waals surface area contributed by atoms with Crippen molar-refractivity contribution in [3.05, 3.63) is 0 Å². The quantitative estimate of drug-likeness (QED) is 0.829. The minimum atomic E-state index is -0.522. The van der Waals surface area contributed by atoms with Crippen LogP contribution in [0.3, 0.4) is 0 Å². The topological polar surface area (TPSA) is 84.7 Å². The van der Waals surface area contributed by atoms with Gasteiger partial charge in [-0.05, 0) is 53.4 Å². The Morgan fingerprint density at radius 2 is 1.78 bits per heavy atom. The van der Waals surface area contributed by atoms with Crippen LogP contribution in [0.15, 0.2) is 0 Å². The SMILES string of the molecule is CC(N)C(=O)N(C1CC1)C1CCCCC1NC(=O)OC(C)(C)C. The van der Waals surface area contributed by atoms with E-state index >= 15 is 0 Å². The van der Waals surface area contributed by atoms with Crippen molar-refractivity contribution in [3.8, 4) is 0 Å². The average molecular weight is 325 g/mol. The number of nitrogens with one attached hydrogen (secondary N) is 1. The van der Waals surface area contributed by atoms with Crippen LogP contribution in [-0.4, -0.2) is 46.7 Å². The van der Waals surface area contributed by atoms with Gasteiger partial charge in [0.2, 0.25) is 5.91 Å². The van der Waals surface area contributed by atoms with Gasteiger partial charge < -0.3 is 20.7 Å². The molecule has 0 spiro atoms. The summed E-state index contributed by atoms with van der Waals surface area (Å²) in [6.07, 6.45) is 5.59. The van der Waals surface area contributed by atoms with Crippen LogP contribution in [0, 0.1) is 0 Å². The molecule has 2 saturated carbocycles. The number of rotatable bonds is 4. The van der Waals surface area contributed by atoms with Crippen LogP contribution in [0.4, 0.5) is 4.79 Å². The van der Waals surface area contributed by atoms with Gasteiger partial charge in [0.25, 0.3) is 0 Å². The molecule has 0 aromatic rings. The van der Waals surface area contributed by atoms with E-state index in [0.717, 1.165) is 38.5 Å². The number of nitrogens with two attached hydrogens (primary N) is 1. The van der Waals surface area contributed by atoms with Gasteiger partial charge >= 0.3 is 6.09 Å². The molecule has 6 heteroatoms. The Bertz CT molecular complexity index is 441. The van der Waals surface area contributed by atoms with E-state index in [1.54, 1.807) is 6.92 Å². The number of nitrogens with zero attached hydrogens (tertiary/aromatic N) is 1. The summed E-state index contributed by atoms with van der Waals surface area (Å²) in [6.45, 7) is 7.28. The second kappa shape index (κ2) is 7.07. The summed E-state index contributed by atoms with van der Waals surface area (Å²) in [4.78, 5) is 26.6. The second-order valence-corrected chi connectivity index (χ2v) is 7.87. The molecule has 3 atom stereocenters. The maximum absolute atomic E-state index is 12.5. The Morgan fingerprint density at radius 1 is 1.17 bits per heavy atom. The first-order valence-corrected chi connectivity index (χ1v) is 8.76. The fourth-order valence-corrected chi connectivity index (χ4v) is 3.27. The number of carbonyl (C=O) groups is 2. The lowest BCUT2D eigenvalue weighted by atomic mass is 9.88. The molecule has 0 radical (unpaired) electrons. The molecule has 0 aromatic carbocycles. The van der Waals surface area contributed by atoms with Crippen molar-refractivity contribution in [1.29, 1.82) is 0 Å². The number of hydrogen-bond donors (Lipinski definition) is 2. The van der Waals surface area contributed by atoms with Gasteiger partial charge in [0.05, 0.1) is 18.1 Å². The van der Waals surface area contributed by atoms with E-state index in [-0.39, 0.29) is 18.0 Å². The summed E-state index contributed by atoms with van der Waals surface area (Å²) in [6, 6.07) is -0.233. The van der Waals surface area contributed by atoms with Crippen LogP contribution >= 0.6 is 0 Å². The molecule has 6 nitrogen and oxygen atoms in total. The summed E-state index contributed by atoms with van der Waals surface area (Å²) < 4.78 is 5.37. The number of alkyl carbamates (subject to hydrolysis) is 1. The normalized spacial score (nSPS) is 26.3. The highest BCUT2D eigenvalue weighted by atomic mass is 16.6. The Kier molecular flexibility index (Phi) is 5.55. The maximum Gasteiger partial charge on any atom is 0.407 e. The second-order valence-electron chi connectivity index (χ2n) is 7.87. The zero-order valence-electron chi connectivity index (χ0n) is 14.8. The maximum atomic E-state index is 12.5. The zero-order valence-corrected chi connectivity index (χ0v) is 14.8. The molecule has 0 aromatic heterocycles. The molecule has 2 rings (SSSR count). The predicted molar refractivity (Wildman–Crippen MR) is 88.9 cm³/mol. The Labute approximate surface area is 139 Å². The highest BCUT2D eigenvalue weighted by molar-refractivity contribution is 5.82. The molecule has 3 unspecified atom stereocenters. The van der Waals surface area contributed by atoms with E-state index in [9.17, 15) is 9.59 Å². The highest BCUT2D eigenvalue weighted by Gasteiger charge is 2.42. The number of amides is 2. The summed E-state index contributed by atoms with van der Waals surface area (Å²) in [5, 5.41) is 2.99. The molecule has 2 aliphatic carbocycles. The van der Waals surface area contributed by atoms with Crippen LogP contribution in [-0.2, 0) is 9.53 Å². The summed E-state index contributed by atoms with van der Waals surface area (Å²) >= 11 is 0. The van der Waals surface area contributed by atoms with Crippen molar-refractivity contribution < 1.29 is 14.3 Å². The summed E-state index contributed by atoms with van der Waals surface area (Å²) in [7, 11) is 0. The molecular formula is C17H31N3O3. The minimum Gasteiger partial charge on any atom is -0.444 e. The van der Waals surface area contributed by atoms with Crippen LogP contribution in [0.5, 0.6) is 0 Å². The van der Waals surface area contributed by atoms with Crippen molar-refractivity contribution >= 4 is 12.0 Å².